The first-order valence-corrected chi connectivity index (χ1v) is 23.5. The van der Waals surface area contributed by atoms with E-state index >= 15 is 0 Å². The van der Waals surface area contributed by atoms with Crippen molar-refractivity contribution in [1.29, 1.82) is 0 Å². The van der Waals surface area contributed by atoms with Gasteiger partial charge in [0.1, 0.15) is 42.7 Å². The molecule has 318 valence electrons. The topological polar surface area (TPSA) is 145 Å². The van der Waals surface area contributed by atoms with Gasteiger partial charge >= 0.3 is 18.1 Å². The van der Waals surface area contributed by atoms with Gasteiger partial charge in [-0.25, -0.2) is 9.59 Å². The molecular weight excluding hydrogens is 819 g/mol. The molecular formula is C41H57Cl3O12Si. The van der Waals surface area contributed by atoms with Crippen LogP contribution in [0.1, 0.15) is 92.4 Å². The Morgan fingerprint density at radius 2 is 1.60 bits per heavy atom. The molecule has 57 heavy (non-hydrogen) atoms. The normalized spacial score (nSPS) is 36.6. The molecule has 0 radical (unpaired) electrons. The molecule has 2 bridgehead atoms. The number of rotatable bonds is 10. The predicted molar refractivity (Wildman–Crippen MR) is 215 cm³/mol. The molecule has 5 aliphatic rings. The lowest BCUT2D eigenvalue weighted by Crippen LogP contribution is -2.82. The molecule has 16 heteroatoms. The van der Waals surface area contributed by atoms with Crippen LogP contribution < -0.4 is 0 Å². The Kier molecular flexibility index (Phi) is 12.1. The second-order valence-electron chi connectivity index (χ2n) is 17.6. The summed E-state index contributed by atoms with van der Waals surface area (Å²) in [6.07, 6.45) is -6.91. The highest BCUT2D eigenvalue weighted by Crippen LogP contribution is 2.68. The monoisotopic (exact) mass is 874 g/mol. The zero-order chi connectivity index (χ0) is 42.1. The molecule has 0 amide bonds. The number of carbonyl (C=O) groups is 3. The zero-order valence-electron chi connectivity index (χ0n) is 34.4. The minimum absolute atomic E-state index is 0.0126. The summed E-state index contributed by atoms with van der Waals surface area (Å²) < 4.78 is 50.0. The minimum atomic E-state index is -2.34. The number of hydrogen-bond acceptors (Lipinski definition) is 12. The van der Waals surface area contributed by atoms with Crippen LogP contribution in [0.5, 0.6) is 0 Å². The standard InChI is InChI=1S/C41H57Cl3O12Si/c1-11-57(12-2,13-3)56-26-20-40(48)33(52-34(46)25-17-15-14-16-18-25)31-38(10,32-30(54-37(8,9)55-32)29(23(26)4)36(40,6)7)27(51-35(47)50-22-41(42,43)44)19-28-39(31,21-49-28)53-24(5)45/h14-18,26-28,30-33,48H,11-13,19-22H2,1-10H3/t26-,27-,28+,30+,31-,32+,33-,38+,39-,40+/m0/s1. The van der Waals surface area contributed by atoms with Gasteiger partial charge < -0.3 is 42.7 Å². The second kappa shape index (κ2) is 15.5. The van der Waals surface area contributed by atoms with Crippen LogP contribution in [0.15, 0.2) is 41.5 Å². The summed E-state index contributed by atoms with van der Waals surface area (Å²) >= 11 is 17.8. The van der Waals surface area contributed by atoms with Crippen molar-refractivity contribution >= 4 is 61.2 Å². The predicted octanol–water partition coefficient (Wildman–Crippen LogP) is 8.23. The maximum Gasteiger partial charge on any atom is 0.508 e. The van der Waals surface area contributed by atoms with Gasteiger partial charge in [-0.2, -0.15) is 0 Å². The Hall–Kier alpha value is -1.94. The molecule has 2 heterocycles. The molecule has 2 aliphatic heterocycles. The number of alkyl halides is 3. The van der Waals surface area contributed by atoms with Gasteiger partial charge in [0.05, 0.1) is 24.2 Å². The van der Waals surface area contributed by atoms with Gasteiger partial charge in [-0.1, -0.05) is 94.5 Å². The van der Waals surface area contributed by atoms with E-state index in [4.69, 9.17) is 72.4 Å². The third kappa shape index (κ3) is 7.58. The number of aliphatic hydroxyl groups is 1. The molecule has 1 N–H and O–H groups in total. The van der Waals surface area contributed by atoms with E-state index in [1.807, 2.05) is 27.7 Å². The Labute approximate surface area is 351 Å². The molecule has 6 rings (SSSR count). The lowest BCUT2D eigenvalue weighted by atomic mass is 9.44. The van der Waals surface area contributed by atoms with Crippen LogP contribution in [0.4, 0.5) is 4.79 Å². The quantitative estimate of drug-likeness (QED) is 0.0795. The number of benzene rings is 1. The summed E-state index contributed by atoms with van der Waals surface area (Å²) in [6, 6.07) is 11.0. The summed E-state index contributed by atoms with van der Waals surface area (Å²) in [5.41, 5.74) is -4.16. The van der Waals surface area contributed by atoms with Crippen molar-refractivity contribution in [1.82, 2.24) is 0 Å². The third-order valence-electron chi connectivity index (χ3n) is 13.8. The fourth-order valence-corrected chi connectivity index (χ4v) is 13.7. The third-order valence-corrected chi connectivity index (χ3v) is 18.8. The van der Waals surface area contributed by atoms with Crippen molar-refractivity contribution in [3.8, 4) is 0 Å². The second-order valence-corrected chi connectivity index (χ2v) is 24.8. The number of hydrogen-bond donors (Lipinski definition) is 1. The van der Waals surface area contributed by atoms with E-state index < -0.39 is 107 Å². The van der Waals surface area contributed by atoms with E-state index in [0.717, 1.165) is 29.3 Å². The van der Waals surface area contributed by atoms with Crippen LogP contribution >= 0.6 is 34.8 Å². The molecule has 3 aliphatic carbocycles. The Bertz CT molecular complexity index is 1740. The van der Waals surface area contributed by atoms with Crippen molar-refractivity contribution < 1.29 is 57.1 Å². The summed E-state index contributed by atoms with van der Waals surface area (Å²) in [5.74, 6) is -3.66. The number of fused-ring (bicyclic) bond motifs is 8. The zero-order valence-corrected chi connectivity index (χ0v) is 37.7. The SMILES string of the molecule is CC[Si](CC)(CC)O[C@H]1C[C@@]2(O)[C@@H](OC(=O)c3ccccc3)[C@@H]3[C@]4(OC(C)=O)CO[C@@H]4C[C@H](OC(=O)OCC(Cl)(Cl)Cl)[C@@]3(C)[C@@H]3OC(C)(C)O[C@@H]3C(=C1C)C2(C)C. The van der Waals surface area contributed by atoms with Crippen LogP contribution in [-0.4, -0.2) is 102 Å². The molecule has 1 aromatic carbocycles. The lowest BCUT2D eigenvalue weighted by molar-refractivity contribution is -0.362. The van der Waals surface area contributed by atoms with E-state index in [9.17, 15) is 19.5 Å². The summed E-state index contributed by atoms with van der Waals surface area (Å²) in [7, 11) is -2.34. The van der Waals surface area contributed by atoms with Crippen LogP contribution in [0, 0.1) is 16.7 Å². The molecule has 2 saturated carbocycles. The van der Waals surface area contributed by atoms with E-state index in [1.165, 1.54) is 6.92 Å². The Morgan fingerprint density at radius 1 is 0.965 bits per heavy atom. The van der Waals surface area contributed by atoms with Crippen LogP contribution in [-0.2, 0) is 42.4 Å². The summed E-state index contributed by atoms with van der Waals surface area (Å²) in [6.45, 7) is 18.3. The average Bonchev–Trinajstić information content (AvgIpc) is 3.45. The Balaban J connectivity index is 1.66. The van der Waals surface area contributed by atoms with Crippen molar-refractivity contribution in [2.75, 3.05) is 13.2 Å². The van der Waals surface area contributed by atoms with Gasteiger partial charge in [-0.15, -0.1) is 0 Å². The molecule has 12 nitrogen and oxygen atoms in total. The van der Waals surface area contributed by atoms with Crippen LogP contribution in [0.25, 0.3) is 0 Å². The van der Waals surface area contributed by atoms with Gasteiger partial charge in [0, 0.05) is 30.6 Å². The fourth-order valence-electron chi connectivity index (χ4n) is 10.6. The van der Waals surface area contributed by atoms with Gasteiger partial charge in [0.15, 0.2) is 19.7 Å². The van der Waals surface area contributed by atoms with E-state index in [-0.39, 0.29) is 25.0 Å². The van der Waals surface area contributed by atoms with Gasteiger partial charge in [-0.3, -0.25) is 4.79 Å². The molecule has 2 saturated heterocycles. The highest BCUT2D eigenvalue weighted by molar-refractivity contribution is 6.73. The van der Waals surface area contributed by atoms with E-state index in [2.05, 4.69) is 20.8 Å². The van der Waals surface area contributed by atoms with E-state index in [1.54, 1.807) is 44.2 Å². The fraction of sp³-hybridized carbons (Fsp3) is 0.732. The maximum absolute atomic E-state index is 14.5. The van der Waals surface area contributed by atoms with Gasteiger partial charge in [0.2, 0.25) is 3.79 Å². The van der Waals surface area contributed by atoms with Gasteiger partial charge in [0.25, 0.3) is 0 Å². The highest BCUT2D eigenvalue weighted by Gasteiger charge is 2.80. The van der Waals surface area contributed by atoms with Gasteiger partial charge in [-0.05, 0) is 62.2 Å². The lowest BCUT2D eigenvalue weighted by Gasteiger charge is -2.69. The van der Waals surface area contributed by atoms with Crippen molar-refractivity contribution in [3.05, 3.63) is 47.0 Å². The molecule has 4 fully saturated rings. The van der Waals surface area contributed by atoms with Crippen molar-refractivity contribution in [3.63, 3.8) is 0 Å². The molecule has 10 atom stereocenters. The smallest absolute Gasteiger partial charge is 0.455 e. The summed E-state index contributed by atoms with van der Waals surface area (Å²) in [5, 5.41) is 14.0. The molecule has 0 spiro atoms. The largest absolute Gasteiger partial charge is 0.508 e. The van der Waals surface area contributed by atoms with Crippen LogP contribution in [0.3, 0.4) is 0 Å². The Morgan fingerprint density at radius 3 is 2.14 bits per heavy atom. The van der Waals surface area contributed by atoms with Crippen molar-refractivity contribution in [2.45, 2.75) is 158 Å². The number of ether oxygens (including phenoxy) is 7. The minimum Gasteiger partial charge on any atom is -0.455 e. The summed E-state index contributed by atoms with van der Waals surface area (Å²) in [4.78, 5) is 41.3. The number of halogens is 3. The maximum atomic E-state index is 14.5. The first-order chi connectivity index (χ1) is 26.4. The first-order valence-electron chi connectivity index (χ1n) is 19.9. The number of carbonyl (C=O) groups excluding carboxylic acids is 3. The molecule has 0 unspecified atom stereocenters. The average molecular weight is 876 g/mol. The first kappa shape index (κ1) is 44.6. The number of esters is 2. The molecule has 0 aromatic heterocycles. The molecule has 1 aromatic rings. The van der Waals surface area contributed by atoms with Crippen LogP contribution in [0.2, 0.25) is 18.1 Å². The highest BCUT2D eigenvalue weighted by atomic mass is 35.6. The van der Waals surface area contributed by atoms with E-state index in [0.29, 0.717) is 0 Å². The van der Waals surface area contributed by atoms with Crippen molar-refractivity contribution in [2.24, 2.45) is 16.7 Å².